The van der Waals surface area contributed by atoms with Gasteiger partial charge in [0, 0.05) is 6.54 Å². The average Bonchev–Trinajstić information content (AvgIpc) is 2.75. The maximum absolute atomic E-state index is 9.77. The van der Waals surface area contributed by atoms with Crippen LogP contribution in [0.1, 0.15) is 12.8 Å². The molecule has 1 aliphatic heterocycles. The van der Waals surface area contributed by atoms with Crippen molar-refractivity contribution in [2.75, 3.05) is 13.1 Å². The molecule has 5 nitrogen and oxygen atoms in total. The molecule has 0 aliphatic carbocycles. The monoisotopic (exact) mass is 234 g/mol. The third-order valence-corrected chi connectivity index (χ3v) is 2.97. The smallest absolute Gasteiger partial charge is 0.266 e. The summed E-state index contributed by atoms with van der Waals surface area (Å²) in [6, 6.07) is 5.08. The molecule has 5 heteroatoms. The maximum Gasteiger partial charge on any atom is 0.266 e. The Balaban J connectivity index is 1.89. The van der Waals surface area contributed by atoms with Crippen LogP contribution in [0.15, 0.2) is 22.7 Å². The van der Waals surface area contributed by atoms with Crippen LogP contribution in [0.25, 0.3) is 11.0 Å². The first-order valence-corrected chi connectivity index (χ1v) is 5.79. The average molecular weight is 234 g/mol. The minimum Gasteiger partial charge on any atom is -0.507 e. The van der Waals surface area contributed by atoms with Crippen LogP contribution in [0.3, 0.4) is 0 Å². The van der Waals surface area contributed by atoms with Crippen LogP contribution in [0, 0.1) is 0 Å². The zero-order valence-electron chi connectivity index (χ0n) is 9.35. The highest BCUT2D eigenvalue weighted by Crippen LogP contribution is 2.33. The van der Waals surface area contributed by atoms with E-state index in [2.05, 4.69) is 10.5 Å². The molecule has 2 heterocycles. The van der Waals surface area contributed by atoms with Crippen LogP contribution in [0.5, 0.6) is 11.6 Å². The number of nitrogens with zero attached hydrogens (tertiary/aromatic N) is 1. The summed E-state index contributed by atoms with van der Waals surface area (Å²) in [7, 11) is 0. The van der Waals surface area contributed by atoms with E-state index >= 15 is 0 Å². The third kappa shape index (κ3) is 1.93. The van der Waals surface area contributed by atoms with E-state index in [9.17, 15) is 5.11 Å². The fourth-order valence-corrected chi connectivity index (χ4v) is 2.11. The van der Waals surface area contributed by atoms with Gasteiger partial charge in [0.05, 0.1) is 0 Å². The van der Waals surface area contributed by atoms with Crippen molar-refractivity contribution in [1.82, 2.24) is 10.5 Å². The van der Waals surface area contributed by atoms with Crippen molar-refractivity contribution in [3.05, 3.63) is 18.2 Å². The van der Waals surface area contributed by atoms with Crippen LogP contribution in [0.2, 0.25) is 0 Å². The predicted molar refractivity (Wildman–Crippen MR) is 62.2 cm³/mol. The van der Waals surface area contributed by atoms with Gasteiger partial charge in [-0.15, -0.1) is 0 Å². The minimum absolute atomic E-state index is 0.0941. The van der Waals surface area contributed by atoms with Gasteiger partial charge in [0.1, 0.15) is 17.2 Å². The molecule has 1 aromatic carbocycles. The van der Waals surface area contributed by atoms with Gasteiger partial charge in [-0.2, -0.15) is 0 Å². The minimum atomic E-state index is 0.0941. The van der Waals surface area contributed by atoms with Gasteiger partial charge in [-0.05, 0) is 36.7 Å². The Morgan fingerprint density at radius 3 is 3.24 bits per heavy atom. The summed E-state index contributed by atoms with van der Waals surface area (Å²) in [4.78, 5) is 0. The molecule has 17 heavy (non-hydrogen) atoms. The number of nitrogens with one attached hydrogen (secondary N) is 1. The molecule has 2 N–H and O–H groups in total. The molecule has 0 radical (unpaired) electrons. The second-order valence-corrected chi connectivity index (χ2v) is 4.22. The highest BCUT2D eigenvalue weighted by Gasteiger charge is 2.19. The second kappa shape index (κ2) is 4.25. The van der Waals surface area contributed by atoms with E-state index in [1.54, 1.807) is 18.2 Å². The normalized spacial score (nSPS) is 20.6. The summed E-state index contributed by atoms with van der Waals surface area (Å²) in [5.41, 5.74) is 0.545. The topological polar surface area (TPSA) is 67.5 Å². The van der Waals surface area contributed by atoms with Gasteiger partial charge < -0.3 is 19.7 Å². The van der Waals surface area contributed by atoms with E-state index in [0.717, 1.165) is 25.9 Å². The van der Waals surface area contributed by atoms with Crippen LogP contribution >= 0.6 is 0 Å². The summed E-state index contributed by atoms with van der Waals surface area (Å²) >= 11 is 0. The van der Waals surface area contributed by atoms with Gasteiger partial charge in [-0.1, -0.05) is 6.07 Å². The van der Waals surface area contributed by atoms with Crippen molar-refractivity contribution in [2.24, 2.45) is 0 Å². The number of aromatic nitrogens is 1. The van der Waals surface area contributed by atoms with Crippen LogP contribution in [0.4, 0.5) is 0 Å². The van der Waals surface area contributed by atoms with Crippen LogP contribution in [-0.2, 0) is 0 Å². The lowest BCUT2D eigenvalue weighted by Gasteiger charge is -2.22. The first kappa shape index (κ1) is 10.4. The Bertz CT molecular complexity index is 517. The molecule has 1 fully saturated rings. The molecular formula is C12H14N2O3. The molecule has 1 atom stereocenters. The quantitative estimate of drug-likeness (QED) is 0.827. The van der Waals surface area contributed by atoms with Crippen molar-refractivity contribution in [2.45, 2.75) is 18.9 Å². The van der Waals surface area contributed by atoms with E-state index in [-0.39, 0.29) is 11.9 Å². The number of phenols is 1. The molecule has 3 rings (SSSR count). The van der Waals surface area contributed by atoms with Crippen molar-refractivity contribution in [1.29, 1.82) is 0 Å². The van der Waals surface area contributed by atoms with E-state index in [4.69, 9.17) is 9.26 Å². The zero-order valence-corrected chi connectivity index (χ0v) is 9.35. The number of benzene rings is 1. The van der Waals surface area contributed by atoms with E-state index in [1.807, 2.05) is 0 Å². The van der Waals surface area contributed by atoms with Crippen LogP contribution in [-0.4, -0.2) is 29.5 Å². The molecule has 1 aliphatic rings. The van der Waals surface area contributed by atoms with Gasteiger partial charge in [-0.25, -0.2) is 0 Å². The lowest BCUT2D eigenvalue weighted by Crippen LogP contribution is -2.37. The van der Waals surface area contributed by atoms with E-state index in [1.165, 1.54) is 0 Å². The molecule has 1 unspecified atom stereocenters. The third-order valence-electron chi connectivity index (χ3n) is 2.97. The molecular weight excluding hydrogens is 220 g/mol. The number of ether oxygens (including phenoxy) is 1. The molecule has 0 saturated carbocycles. The Kier molecular flexibility index (Phi) is 2.60. The summed E-state index contributed by atoms with van der Waals surface area (Å²) in [5, 5.41) is 17.5. The Labute approximate surface area is 98.4 Å². The summed E-state index contributed by atoms with van der Waals surface area (Å²) in [6.07, 6.45) is 2.18. The predicted octanol–water partition coefficient (Wildman–Crippen LogP) is 1.66. The zero-order chi connectivity index (χ0) is 11.7. The van der Waals surface area contributed by atoms with Crippen molar-refractivity contribution >= 4 is 11.0 Å². The number of hydrogen-bond donors (Lipinski definition) is 2. The summed E-state index contributed by atoms with van der Waals surface area (Å²) in [6.45, 7) is 1.84. The van der Waals surface area contributed by atoms with E-state index in [0.29, 0.717) is 16.8 Å². The Morgan fingerprint density at radius 1 is 1.47 bits per heavy atom. The fourth-order valence-electron chi connectivity index (χ4n) is 2.11. The molecule has 1 aromatic heterocycles. The summed E-state index contributed by atoms with van der Waals surface area (Å²) < 4.78 is 10.9. The van der Waals surface area contributed by atoms with Crippen molar-refractivity contribution < 1.29 is 14.4 Å². The van der Waals surface area contributed by atoms with Gasteiger partial charge >= 0.3 is 0 Å². The second-order valence-electron chi connectivity index (χ2n) is 4.22. The first-order valence-electron chi connectivity index (χ1n) is 5.79. The lowest BCUT2D eigenvalue weighted by molar-refractivity contribution is 0.155. The number of piperidine rings is 1. The molecule has 0 bridgehead atoms. The lowest BCUT2D eigenvalue weighted by atomic mass is 10.1. The number of phenolic OH excluding ortho intramolecular Hbond substituents is 1. The fraction of sp³-hybridized carbons (Fsp3) is 0.417. The maximum atomic E-state index is 9.77. The summed E-state index contributed by atoms with van der Waals surface area (Å²) in [5.74, 6) is 0.523. The highest BCUT2D eigenvalue weighted by atomic mass is 16.5. The molecule has 0 spiro atoms. The van der Waals surface area contributed by atoms with E-state index < -0.39 is 0 Å². The molecule has 0 amide bonds. The van der Waals surface area contributed by atoms with Gasteiger partial charge in [-0.3, -0.25) is 0 Å². The standard InChI is InChI=1S/C12H14N2O3/c15-9-4-1-5-10-11(9)12(14-17-10)16-8-3-2-6-13-7-8/h1,4-5,8,13,15H,2-3,6-7H2. The van der Waals surface area contributed by atoms with Gasteiger partial charge in [0.25, 0.3) is 5.88 Å². The molecule has 2 aromatic rings. The largest absolute Gasteiger partial charge is 0.507 e. The molecule has 90 valence electrons. The van der Waals surface area contributed by atoms with Crippen LogP contribution < -0.4 is 10.1 Å². The van der Waals surface area contributed by atoms with Gasteiger partial charge in [0.15, 0.2) is 5.58 Å². The van der Waals surface area contributed by atoms with Gasteiger partial charge in [0.2, 0.25) is 0 Å². The highest BCUT2D eigenvalue weighted by molar-refractivity contribution is 5.88. The number of aromatic hydroxyl groups is 1. The van der Waals surface area contributed by atoms with Crippen molar-refractivity contribution in [3.8, 4) is 11.6 Å². The van der Waals surface area contributed by atoms with Crippen molar-refractivity contribution in [3.63, 3.8) is 0 Å². The first-order chi connectivity index (χ1) is 8.34. The number of fused-ring (bicyclic) bond motifs is 1. The molecule has 1 saturated heterocycles. The SMILES string of the molecule is Oc1cccc2onc(OC3CCCNC3)c12. The Morgan fingerprint density at radius 2 is 2.41 bits per heavy atom. The Hall–Kier alpha value is -1.75. The number of rotatable bonds is 2. The number of hydrogen-bond acceptors (Lipinski definition) is 5.